The number of esters is 1. The first-order valence-electron chi connectivity index (χ1n) is 11.0. The van der Waals surface area contributed by atoms with Gasteiger partial charge in [-0.3, -0.25) is 0 Å². The summed E-state index contributed by atoms with van der Waals surface area (Å²) in [5, 5.41) is 3.33. The number of benzene rings is 2. The molecule has 0 unspecified atom stereocenters. The van der Waals surface area contributed by atoms with Crippen molar-refractivity contribution >= 4 is 5.97 Å². The molecule has 1 saturated heterocycles. The summed E-state index contributed by atoms with van der Waals surface area (Å²) in [6, 6.07) is 17.1. The smallest absolute Gasteiger partial charge is 0.376 e. The molecule has 6 heteroatoms. The Bertz CT molecular complexity index is 945. The van der Waals surface area contributed by atoms with Gasteiger partial charge >= 0.3 is 5.97 Å². The molecule has 1 aliphatic heterocycles. The van der Waals surface area contributed by atoms with E-state index in [9.17, 15) is 4.79 Å². The van der Waals surface area contributed by atoms with Gasteiger partial charge in [-0.1, -0.05) is 32.0 Å². The first-order valence-corrected chi connectivity index (χ1v) is 11.0. The molecule has 3 aromatic rings. The molecule has 2 aromatic carbocycles. The van der Waals surface area contributed by atoms with Crippen LogP contribution in [0.15, 0.2) is 59.0 Å². The average Bonchev–Trinajstić information content (AvgIpc) is 3.28. The normalized spacial score (nSPS) is 13.8. The van der Waals surface area contributed by atoms with Gasteiger partial charge in [-0.05, 0) is 69.3 Å². The zero-order chi connectivity index (χ0) is 22.1. The van der Waals surface area contributed by atoms with Crippen LogP contribution in [-0.2, 0) is 4.74 Å². The minimum absolute atomic E-state index is 0.164. The number of carbonyl (C=O) groups is 1. The van der Waals surface area contributed by atoms with E-state index in [1.54, 1.807) is 6.92 Å². The number of nitrogens with one attached hydrogen (secondary N) is 1. The monoisotopic (exact) mass is 422 g/mol. The number of oxazole rings is 1. The highest BCUT2D eigenvalue weighted by molar-refractivity contribution is 5.93. The summed E-state index contributed by atoms with van der Waals surface area (Å²) in [6.07, 6.45) is 1.87. The second kappa shape index (κ2) is 11.3. The largest absolute Gasteiger partial charge is 0.460 e. The Balaban J connectivity index is 0.00000132. The van der Waals surface area contributed by atoms with E-state index < -0.39 is 5.97 Å². The molecular formula is C25H30N2O4. The van der Waals surface area contributed by atoms with E-state index in [4.69, 9.17) is 13.9 Å². The van der Waals surface area contributed by atoms with Gasteiger partial charge in [0.25, 0.3) is 0 Å². The van der Waals surface area contributed by atoms with Crippen LogP contribution in [0.3, 0.4) is 0 Å². The molecule has 1 fully saturated rings. The number of nitrogens with zero attached hydrogens (tertiary/aromatic N) is 1. The van der Waals surface area contributed by atoms with Crippen LogP contribution in [-0.4, -0.2) is 30.6 Å². The summed E-state index contributed by atoms with van der Waals surface area (Å²) in [5.41, 5.74) is 1.31. The van der Waals surface area contributed by atoms with E-state index >= 15 is 0 Å². The molecular weight excluding hydrogens is 392 g/mol. The van der Waals surface area contributed by atoms with E-state index in [1.807, 2.05) is 68.4 Å². The van der Waals surface area contributed by atoms with Gasteiger partial charge in [0, 0.05) is 11.5 Å². The molecule has 0 atom stereocenters. The lowest BCUT2D eigenvalue weighted by molar-refractivity contribution is 0.0488. The number of para-hydroxylation sites is 1. The predicted octanol–water partition coefficient (Wildman–Crippen LogP) is 5.80. The summed E-state index contributed by atoms with van der Waals surface area (Å²) in [4.78, 5) is 17.1. The first kappa shape index (κ1) is 22.6. The molecule has 31 heavy (non-hydrogen) atoms. The van der Waals surface area contributed by atoms with Gasteiger partial charge in [-0.2, -0.15) is 0 Å². The highest BCUT2D eigenvalue weighted by Gasteiger charge is 2.27. The standard InChI is InChI=1S/C23H24N2O4.C2H6/c1-2-27-23(26)21-20(25-22(29-21)17-12-14-24-15-13-17)16-8-10-19(11-9-16)28-18-6-4-3-5-7-18;1-2/h3-11,17,24H,2,12-15H2,1H3;1-2H3. The van der Waals surface area contributed by atoms with Gasteiger partial charge < -0.3 is 19.2 Å². The van der Waals surface area contributed by atoms with Crippen molar-refractivity contribution in [2.24, 2.45) is 0 Å². The lowest BCUT2D eigenvalue weighted by atomic mass is 9.98. The third-order valence-corrected chi connectivity index (χ3v) is 4.90. The zero-order valence-electron chi connectivity index (χ0n) is 18.4. The summed E-state index contributed by atoms with van der Waals surface area (Å²) in [6.45, 7) is 7.90. The van der Waals surface area contributed by atoms with E-state index in [0.717, 1.165) is 37.2 Å². The van der Waals surface area contributed by atoms with Crippen molar-refractivity contribution in [1.29, 1.82) is 0 Å². The molecule has 0 amide bonds. The van der Waals surface area contributed by atoms with E-state index in [1.165, 1.54) is 0 Å². The Hall–Kier alpha value is -3.12. The van der Waals surface area contributed by atoms with Crippen molar-refractivity contribution in [3.05, 3.63) is 66.2 Å². The van der Waals surface area contributed by atoms with Gasteiger partial charge in [0.2, 0.25) is 5.76 Å². The highest BCUT2D eigenvalue weighted by atomic mass is 16.5. The molecule has 1 N–H and O–H groups in total. The fourth-order valence-corrected chi connectivity index (χ4v) is 3.42. The van der Waals surface area contributed by atoms with Crippen LogP contribution in [0.2, 0.25) is 0 Å². The van der Waals surface area contributed by atoms with Gasteiger partial charge in [0.1, 0.15) is 17.2 Å². The molecule has 0 bridgehead atoms. The highest BCUT2D eigenvalue weighted by Crippen LogP contribution is 2.33. The van der Waals surface area contributed by atoms with Crippen LogP contribution in [0.5, 0.6) is 11.5 Å². The van der Waals surface area contributed by atoms with Crippen molar-refractivity contribution < 1.29 is 18.7 Å². The molecule has 0 aliphatic carbocycles. The van der Waals surface area contributed by atoms with Gasteiger partial charge in [-0.25, -0.2) is 9.78 Å². The van der Waals surface area contributed by atoms with Crippen molar-refractivity contribution in [2.75, 3.05) is 19.7 Å². The van der Waals surface area contributed by atoms with E-state index in [2.05, 4.69) is 10.3 Å². The summed E-state index contributed by atoms with van der Waals surface area (Å²) >= 11 is 0. The minimum Gasteiger partial charge on any atom is -0.460 e. The number of piperidine rings is 1. The number of rotatable bonds is 6. The fraction of sp³-hybridized carbons (Fsp3) is 0.360. The molecule has 1 aromatic heterocycles. The molecule has 0 radical (unpaired) electrons. The SMILES string of the molecule is CC.CCOC(=O)c1oc(C2CCNCC2)nc1-c1ccc(Oc2ccccc2)cc1. The fourth-order valence-electron chi connectivity index (χ4n) is 3.42. The number of aromatic nitrogens is 1. The molecule has 2 heterocycles. The second-order valence-corrected chi connectivity index (χ2v) is 6.91. The molecule has 0 spiro atoms. The third kappa shape index (κ3) is 5.73. The number of ether oxygens (including phenoxy) is 2. The van der Waals surface area contributed by atoms with Gasteiger partial charge in [0.15, 0.2) is 5.89 Å². The minimum atomic E-state index is -0.486. The zero-order valence-corrected chi connectivity index (χ0v) is 18.4. The summed E-state index contributed by atoms with van der Waals surface area (Å²) in [7, 11) is 0. The van der Waals surface area contributed by atoms with Crippen molar-refractivity contribution in [1.82, 2.24) is 10.3 Å². The predicted molar refractivity (Wildman–Crippen MR) is 121 cm³/mol. The van der Waals surface area contributed by atoms with Crippen LogP contribution in [0.25, 0.3) is 11.3 Å². The van der Waals surface area contributed by atoms with Gasteiger partial charge in [-0.15, -0.1) is 0 Å². The Labute approximate surface area is 183 Å². The third-order valence-electron chi connectivity index (χ3n) is 4.90. The first-order chi connectivity index (χ1) is 15.2. The van der Waals surface area contributed by atoms with Crippen LogP contribution in [0, 0.1) is 0 Å². The molecule has 1 aliphatic rings. The molecule has 164 valence electrons. The van der Waals surface area contributed by atoms with E-state index in [0.29, 0.717) is 17.3 Å². The molecule has 6 nitrogen and oxygen atoms in total. The summed E-state index contributed by atoms with van der Waals surface area (Å²) < 4.78 is 16.9. The van der Waals surface area contributed by atoms with Crippen molar-refractivity contribution in [3.63, 3.8) is 0 Å². The van der Waals surface area contributed by atoms with Crippen LogP contribution >= 0.6 is 0 Å². The number of hydrogen-bond donors (Lipinski definition) is 1. The number of carbonyl (C=O) groups excluding carboxylic acids is 1. The topological polar surface area (TPSA) is 73.6 Å². The van der Waals surface area contributed by atoms with Crippen molar-refractivity contribution in [3.8, 4) is 22.8 Å². The maximum Gasteiger partial charge on any atom is 0.376 e. The van der Waals surface area contributed by atoms with E-state index in [-0.39, 0.29) is 18.3 Å². The van der Waals surface area contributed by atoms with Crippen LogP contribution < -0.4 is 10.1 Å². The second-order valence-electron chi connectivity index (χ2n) is 6.91. The van der Waals surface area contributed by atoms with Crippen LogP contribution in [0.4, 0.5) is 0 Å². The van der Waals surface area contributed by atoms with Crippen LogP contribution in [0.1, 0.15) is 56.0 Å². The summed E-state index contributed by atoms with van der Waals surface area (Å²) in [5.74, 6) is 1.96. The Kier molecular flexibility index (Phi) is 8.24. The Morgan fingerprint density at radius 1 is 1.03 bits per heavy atom. The van der Waals surface area contributed by atoms with Crippen molar-refractivity contribution in [2.45, 2.75) is 39.5 Å². The Morgan fingerprint density at radius 3 is 2.32 bits per heavy atom. The Morgan fingerprint density at radius 2 is 1.68 bits per heavy atom. The van der Waals surface area contributed by atoms with Gasteiger partial charge in [0.05, 0.1) is 6.61 Å². The maximum atomic E-state index is 12.5. The average molecular weight is 423 g/mol. The number of hydrogen-bond acceptors (Lipinski definition) is 6. The maximum absolute atomic E-state index is 12.5. The lowest BCUT2D eigenvalue weighted by Gasteiger charge is -2.19. The quantitative estimate of drug-likeness (QED) is 0.506. The molecule has 0 saturated carbocycles. The lowest BCUT2D eigenvalue weighted by Crippen LogP contribution is -2.26. The molecule has 4 rings (SSSR count).